The molecule has 0 aliphatic heterocycles. The van der Waals surface area contributed by atoms with Gasteiger partial charge in [0.1, 0.15) is 11.3 Å². The minimum absolute atomic E-state index is 0.0294. The molecule has 4 heteroatoms. The van der Waals surface area contributed by atoms with Crippen molar-refractivity contribution in [3.63, 3.8) is 0 Å². The van der Waals surface area contributed by atoms with Crippen molar-refractivity contribution in [2.75, 3.05) is 0 Å². The third-order valence-electron chi connectivity index (χ3n) is 1.74. The summed E-state index contributed by atoms with van der Waals surface area (Å²) in [6.45, 7) is -0.252. The first-order valence-corrected chi connectivity index (χ1v) is 3.48. The second kappa shape index (κ2) is 2.49. The maximum atomic E-state index is 9.28. The molecule has 0 bridgehead atoms. The zero-order valence-electron chi connectivity index (χ0n) is 6.19. The lowest BCUT2D eigenvalue weighted by Gasteiger charge is -1.99. The second-order valence-electron chi connectivity index (χ2n) is 2.42. The number of aliphatic hydroxyl groups is 1. The molecule has 2 N–H and O–H groups in total. The Morgan fingerprint density at radius 1 is 1.42 bits per heavy atom. The van der Waals surface area contributed by atoms with Crippen LogP contribution >= 0.6 is 0 Å². The predicted octanol–water partition coefficient (Wildman–Crippen LogP) is 1.03. The van der Waals surface area contributed by atoms with Gasteiger partial charge in [0.15, 0.2) is 12.0 Å². The van der Waals surface area contributed by atoms with E-state index in [1.54, 1.807) is 6.07 Å². The molecule has 12 heavy (non-hydrogen) atoms. The summed E-state index contributed by atoms with van der Waals surface area (Å²) in [6, 6.07) is 3.11. The third kappa shape index (κ3) is 0.853. The van der Waals surface area contributed by atoms with Crippen molar-refractivity contribution >= 4 is 11.1 Å². The van der Waals surface area contributed by atoms with Crippen LogP contribution in [0.5, 0.6) is 5.75 Å². The number of oxazole rings is 1. The van der Waals surface area contributed by atoms with E-state index in [4.69, 9.17) is 9.52 Å². The van der Waals surface area contributed by atoms with E-state index in [2.05, 4.69) is 4.98 Å². The van der Waals surface area contributed by atoms with Gasteiger partial charge in [-0.15, -0.1) is 0 Å². The summed E-state index contributed by atoms with van der Waals surface area (Å²) in [4.78, 5) is 3.88. The number of hydrogen-bond donors (Lipinski definition) is 2. The topological polar surface area (TPSA) is 66.5 Å². The Labute approximate surface area is 68.1 Å². The summed E-state index contributed by atoms with van der Waals surface area (Å²) in [7, 11) is 0. The molecule has 0 saturated heterocycles. The first-order chi connectivity index (χ1) is 5.83. The van der Waals surface area contributed by atoms with E-state index in [1.807, 2.05) is 0 Å². The lowest BCUT2D eigenvalue weighted by Crippen LogP contribution is -1.84. The fourth-order valence-corrected chi connectivity index (χ4v) is 1.13. The van der Waals surface area contributed by atoms with Crippen LogP contribution in [0.15, 0.2) is 22.9 Å². The highest BCUT2D eigenvalue weighted by Gasteiger charge is 2.08. The van der Waals surface area contributed by atoms with Gasteiger partial charge in [-0.1, -0.05) is 0 Å². The fourth-order valence-electron chi connectivity index (χ4n) is 1.13. The summed E-state index contributed by atoms with van der Waals surface area (Å²) in [5, 5.41) is 18.2. The maximum Gasteiger partial charge on any atom is 0.181 e. The van der Waals surface area contributed by atoms with E-state index >= 15 is 0 Å². The molecule has 0 amide bonds. The van der Waals surface area contributed by atoms with Crippen molar-refractivity contribution in [2.24, 2.45) is 0 Å². The quantitative estimate of drug-likeness (QED) is 0.662. The van der Waals surface area contributed by atoms with E-state index in [-0.39, 0.29) is 12.4 Å². The molecule has 4 nitrogen and oxygen atoms in total. The number of hydrogen-bond acceptors (Lipinski definition) is 4. The molecule has 62 valence electrons. The van der Waals surface area contributed by atoms with Crippen molar-refractivity contribution in [3.8, 4) is 5.75 Å². The second-order valence-corrected chi connectivity index (χ2v) is 2.42. The molecule has 2 aromatic rings. The number of fused-ring (bicyclic) bond motifs is 1. The predicted molar refractivity (Wildman–Crippen MR) is 41.6 cm³/mol. The van der Waals surface area contributed by atoms with Gasteiger partial charge in [-0.05, 0) is 12.1 Å². The SMILES string of the molecule is OCc1c(O)ccc2ncoc12. The molecule has 1 heterocycles. The molecule has 0 saturated carbocycles. The van der Waals surface area contributed by atoms with Crippen molar-refractivity contribution in [1.82, 2.24) is 4.98 Å². The summed E-state index contributed by atoms with van der Waals surface area (Å²) >= 11 is 0. The van der Waals surface area contributed by atoms with Gasteiger partial charge < -0.3 is 14.6 Å². The van der Waals surface area contributed by atoms with Crippen LogP contribution in [0, 0.1) is 0 Å². The number of rotatable bonds is 1. The lowest BCUT2D eigenvalue weighted by atomic mass is 10.2. The van der Waals surface area contributed by atoms with Crippen molar-refractivity contribution in [3.05, 3.63) is 24.1 Å². The van der Waals surface area contributed by atoms with Gasteiger partial charge in [-0.2, -0.15) is 0 Å². The summed E-state index contributed by atoms with van der Waals surface area (Å²) in [5.41, 5.74) is 1.46. The Morgan fingerprint density at radius 3 is 3.00 bits per heavy atom. The zero-order valence-corrected chi connectivity index (χ0v) is 6.19. The van der Waals surface area contributed by atoms with Crippen molar-refractivity contribution in [2.45, 2.75) is 6.61 Å². The number of aromatic hydroxyl groups is 1. The van der Waals surface area contributed by atoms with Crippen LogP contribution in [0.1, 0.15) is 5.56 Å². The lowest BCUT2D eigenvalue weighted by molar-refractivity contribution is 0.275. The van der Waals surface area contributed by atoms with E-state index in [1.165, 1.54) is 12.5 Å². The van der Waals surface area contributed by atoms with Crippen LogP contribution in [0.25, 0.3) is 11.1 Å². The minimum Gasteiger partial charge on any atom is -0.507 e. The molecule has 0 aliphatic rings. The zero-order chi connectivity index (χ0) is 8.55. The van der Waals surface area contributed by atoms with Gasteiger partial charge in [0.2, 0.25) is 0 Å². The van der Waals surface area contributed by atoms with E-state index in [9.17, 15) is 5.11 Å². The average Bonchev–Trinajstić information content (AvgIpc) is 2.52. The molecule has 0 spiro atoms. The van der Waals surface area contributed by atoms with Crippen LogP contribution in [-0.2, 0) is 6.61 Å². The van der Waals surface area contributed by atoms with Crippen LogP contribution in [0.3, 0.4) is 0 Å². The van der Waals surface area contributed by atoms with E-state index in [0.29, 0.717) is 16.7 Å². The van der Waals surface area contributed by atoms with Crippen LogP contribution < -0.4 is 0 Å². The molecule has 0 atom stereocenters. The Bertz CT molecular complexity index is 408. The number of aromatic nitrogens is 1. The summed E-state index contributed by atoms with van der Waals surface area (Å²) < 4.78 is 4.99. The molecule has 2 rings (SSSR count). The van der Waals surface area contributed by atoms with Crippen molar-refractivity contribution in [1.29, 1.82) is 0 Å². The largest absolute Gasteiger partial charge is 0.507 e. The van der Waals surface area contributed by atoms with Gasteiger partial charge in [0.05, 0.1) is 12.2 Å². The summed E-state index contributed by atoms with van der Waals surface area (Å²) in [5.74, 6) is 0.0294. The van der Waals surface area contributed by atoms with Crippen LogP contribution in [0.4, 0.5) is 0 Å². The fraction of sp³-hybridized carbons (Fsp3) is 0.125. The van der Waals surface area contributed by atoms with Gasteiger partial charge in [0.25, 0.3) is 0 Å². The number of nitrogens with zero attached hydrogens (tertiary/aromatic N) is 1. The highest BCUT2D eigenvalue weighted by atomic mass is 16.3. The normalized spacial score (nSPS) is 10.8. The van der Waals surface area contributed by atoms with E-state index in [0.717, 1.165) is 0 Å². The number of aliphatic hydroxyl groups excluding tert-OH is 1. The van der Waals surface area contributed by atoms with Gasteiger partial charge in [-0.3, -0.25) is 0 Å². The molecular formula is C8H7NO3. The standard InChI is InChI=1S/C8H7NO3/c10-3-5-7(11)2-1-6-8(5)12-4-9-6/h1-2,4,10-11H,3H2. The van der Waals surface area contributed by atoms with E-state index < -0.39 is 0 Å². The molecule has 0 unspecified atom stereocenters. The van der Waals surface area contributed by atoms with Crippen molar-refractivity contribution < 1.29 is 14.6 Å². The average molecular weight is 165 g/mol. The molecule has 1 aromatic heterocycles. The van der Waals surface area contributed by atoms with Crippen LogP contribution in [-0.4, -0.2) is 15.2 Å². The molecular weight excluding hydrogens is 158 g/mol. The number of benzene rings is 1. The molecule has 0 radical (unpaired) electrons. The smallest absolute Gasteiger partial charge is 0.181 e. The molecule has 0 fully saturated rings. The maximum absolute atomic E-state index is 9.28. The Hall–Kier alpha value is -1.55. The highest BCUT2D eigenvalue weighted by Crippen LogP contribution is 2.25. The minimum atomic E-state index is -0.252. The van der Waals surface area contributed by atoms with Gasteiger partial charge in [0, 0.05) is 0 Å². The third-order valence-corrected chi connectivity index (χ3v) is 1.74. The Morgan fingerprint density at radius 2 is 2.25 bits per heavy atom. The van der Waals surface area contributed by atoms with Gasteiger partial charge >= 0.3 is 0 Å². The van der Waals surface area contributed by atoms with Gasteiger partial charge in [-0.25, -0.2) is 4.98 Å². The monoisotopic (exact) mass is 165 g/mol. The molecule has 0 aliphatic carbocycles. The first-order valence-electron chi connectivity index (χ1n) is 3.48. The first kappa shape index (κ1) is 7.12. The Balaban J connectivity index is 2.83. The molecule has 1 aromatic carbocycles. The number of phenols is 1. The van der Waals surface area contributed by atoms with Crippen LogP contribution in [0.2, 0.25) is 0 Å². The summed E-state index contributed by atoms with van der Waals surface area (Å²) in [6.07, 6.45) is 1.28. The highest BCUT2D eigenvalue weighted by molar-refractivity contribution is 5.78. The Kier molecular flexibility index (Phi) is 1.48.